The minimum Gasteiger partial charge on any atom is -0.454 e. The van der Waals surface area contributed by atoms with Crippen molar-refractivity contribution in [1.29, 1.82) is 0 Å². The highest BCUT2D eigenvalue weighted by Gasteiger charge is 2.31. The molecule has 2 aliphatic heterocycles. The van der Waals surface area contributed by atoms with Crippen molar-refractivity contribution in [3.05, 3.63) is 35.9 Å². The highest BCUT2D eigenvalue weighted by molar-refractivity contribution is 6.00. The van der Waals surface area contributed by atoms with Gasteiger partial charge in [-0.15, -0.1) is 0 Å². The summed E-state index contributed by atoms with van der Waals surface area (Å²) in [5, 5.41) is 0. The first-order valence-electron chi connectivity index (χ1n) is 4.99. The largest absolute Gasteiger partial charge is 0.454 e. The van der Waals surface area contributed by atoms with Crippen LogP contribution in [-0.4, -0.2) is 19.2 Å². The molecule has 1 fully saturated rings. The van der Waals surface area contributed by atoms with Crippen molar-refractivity contribution in [2.75, 3.05) is 13.4 Å². The third-order valence-electron chi connectivity index (χ3n) is 2.71. The number of hydrogen-bond donors (Lipinski definition) is 0. The number of benzene rings is 1. The Labute approximate surface area is 92.4 Å². The van der Waals surface area contributed by atoms with E-state index in [1.807, 2.05) is 6.07 Å². The van der Waals surface area contributed by atoms with Gasteiger partial charge in [-0.1, -0.05) is 12.6 Å². The van der Waals surface area contributed by atoms with E-state index in [1.54, 1.807) is 12.1 Å². The lowest BCUT2D eigenvalue weighted by Crippen LogP contribution is -2.06. The van der Waals surface area contributed by atoms with Gasteiger partial charge in [0.15, 0.2) is 17.3 Å². The summed E-state index contributed by atoms with van der Waals surface area (Å²) in [6.07, 6.45) is -0.540. The Morgan fingerprint density at radius 3 is 2.81 bits per heavy atom. The predicted molar refractivity (Wildman–Crippen MR) is 55.4 cm³/mol. The van der Waals surface area contributed by atoms with E-state index in [1.165, 1.54) is 0 Å². The molecule has 0 amide bonds. The van der Waals surface area contributed by atoms with Gasteiger partial charge in [0.05, 0.1) is 6.61 Å². The summed E-state index contributed by atoms with van der Waals surface area (Å²) >= 11 is 0. The van der Waals surface area contributed by atoms with Gasteiger partial charge in [-0.25, -0.2) is 0 Å². The molecule has 0 radical (unpaired) electrons. The lowest BCUT2D eigenvalue weighted by molar-refractivity contribution is -0.120. The van der Waals surface area contributed by atoms with Gasteiger partial charge in [0, 0.05) is 5.57 Å². The summed E-state index contributed by atoms with van der Waals surface area (Å²) < 4.78 is 15.8. The predicted octanol–water partition coefficient (Wildman–Crippen LogP) is 1.61. The molecule has 1 aromatic carbocycles. The number of carbonyl (C=O) groups is 1. The number of hydrogen-bond acceptors (Lipinski definition) is 4. The minimum atomic E-state index is -0.540. The van der Waals surface area contributed by atoms with Crippen LogP contribution in [0.3, 0.4) is 0 Å². The van der Waals surface area contributed by atoms with Crippen LogP contribution in [0.4, 0.5) is 0 Å². The van der Waals surface area contributed by atoms with Crippen LogP contribution in [0.25, 0.3) is 0 Å². The Hall–Kier alpha value is -1.81. The van der Waals surface area contributed by atoms with E-state index in [4.69, 9.17) is 14.2 Å². The SMILES string of the molecule is C=C1COC(c2ccc3c(c2)OCO3)C1=O. The standard InChI is InChI=1S/C12H10O4/c1-7-5-14-12(11(7)13)8-2-3-9-10(4-8)16-6-15-9/h2-4,12H,1,5-6H2. The number of rotatable bonds is 1. The average Bonchev–Trinajstić information content (AvgIpc) is 2.86. The van der Waals surface area contributed by atoms with Crippen molar-refractivity contribution >= 4 is 5.78 Å². The third-order valence-corrected chi connectivity index (χ3v) is 2.71. The Morgan fingerprint density at radius 2 is 2.06 bits per heavy atom. The van der Waals surface area contributed by atoms with Crippen LogP contribution in [0, 0.1) is 0 Å². The van der Waals surface area contributed by atoms with Gasteiger partial charge < -0.3 is 14.2 Å². The van der Waals surface area contributed by atoms with Crippen molar-refractivity contribution in [2.24, 2.45) is 0 Å². The zero-order chi connectivity index (χ0) is 11.1. The monoisotopic (exact) mass is 218 g/mol. The Bertz CT molecular complexity index is 478. The second-order valence-corrected chi connectivity index (χ2v) is 3.77. The van der Waals surface area contributed by atoms with Crippen LogP contribution < -0.4 is 9.47 Å². The zero-order valence-corrected chi connectivity index (χ0v) is 8.56. The molecule has 2 heterocycles. The molecule has 82 valence electrons. The van der Waals surface area contributed by atoms with Crippen molar-refractivity contribution in [3.63, 3.8) is 0 Å². The molecule has 0 N–H and O–H groups in total. The number of ether oxygens (including phenoxy) is 3. The Morgan fingerprint density at radius 1 is 1.25 bits per heavy atom. The molecule has 0 bridgehead atoms. The molecule has 4 heteroatoms. The molecule has 16 heavy (non-hydrogen) atoms. The van der Waals surface area contributed by atoms with E-state index in [2.05, 4.69) is 6.58 Å². The molecule has 1 saturated heterocycles. The lowest BCUT2D eigenvalue weighted by atomic mass is 10.0. The number of ketones is 1. The fourth-order valence-electron chi connectivity index (χ4n) is 1.84. The molecule has 0 spiro atoms. The molecule has 0 saturated carbocycles. The normalized spacial score (nSPS) is 22.9. The van der Waals surface area contributed by atoms with Crippen LogP contribution in [0.5, 0.6) is 11.5 Å². The quantitative estimate of drug-likeness (QED) is 0.672. The Kier molecular flexibility index (Phi) is 1.97. The van der Waals surface area contributed by atoms with E-state index >= 15 is 0 Å². The first-order valence-corrected chi connectivity index (χ1v) is 4.99. The number of carbonyl (C=O) groups excluding carboxylic acids is 1. The van der Waals surface area contributed by atoms with Gasteiger partial charge >= 0.3 is 0 Å². The van der Waals surface area contributed by atoms with Gasteiger partial charge in [0.1, 0.15) is 6.10 Å². The molecule has 1 aromatic rings. The molecule has 3 rings (SSSR count). The topological polar surface area (TPSA) is 44.8 Å². The van der Waals surface area contributed by atoms with E-state index in [9.17, 15) is 4.79 Å². The van der Waals surface area contributed by atoms with Crippen molar-refractivity contribution < 1.29 is 19.0 Å². The highest BCUT2D eigenvalue weighted by Crippen LogP contribution is 2.37. The molecule has 1 atom stereocenters. The lowest BCUT2D eigenvalue weighted by Gasteiger charge is -2.08. The van der Waals surface area contributed by atoms with Gasteiger partial charge in [-0.3, -0.25) is 4.79 Å². The average molecular weight is 218 g/mol. The summed E-state index contributed by atoms with van der Waals surface area (Å²) in [6, 6.07) is 5.38. The molecular weight excluding hydrogens is 208 g/mol. The van der Waals surface area contributed by atoms with Gasteiger partial charge in [-0.05, 0) is 17.7 Å². The van der Waals surface area contributed by atoms with Crippen molar-refractivity contribution in [2.45, 2.75) is 6.10 Å². The summed E-state index contributed by atoms with van der Waals surface area (Å²) in [5.41, 5.74) is 1.30. The number of fused-ring (bicyclic) bond motifs is 1. The zero-order valence-electron chi connectivity index (χ0n) is 8.56. The van der Waals surface area contributed by atoms with Gasteiger partial charge in [0.25, 0.3) is 0 Å². The van der Waals surface area contributed by atoms with E-state index < -0.39 is 6.10 Å². The molecule has 1 unspecified atom stereocenters. The van der Waals surface area contributed by atoms with Crippen LogP contribution in [0.1, 0.15) is 11.7 Å². The van der Waals surface area contributed by atoms with E-state index in [0.717, 1.165) is 5.56 Å². The van der Waals surface area contributed by atoms with E-state index in [-0.39, 0.29) is 12.6 Å². The smallest absolute Gasteiger partial charge is 0.231 e. The molecule has 0 aliphatic carbocycles. The van der Waals surface area contributed by atoms with Gasteiger partial charge in [-0.2, -0.15) is 0 Å². The fourth-order valence-corrected chi connectivity index (χ4v) is 1.84. The number of Topliss-reactive ketones (excluding diaryl/α,β-unsaturated/α-hetero) is 1. The molecule has 2 aliphatic rings. The maximum absolute atomic E-state index is 11.7. The van der Waals surface area contributed by atoms with Crippen LogP contribution >= 0.6 is 0 Å². The minimum absolute atomic E-state index is 0.0566. The molecule has 0 aromatic heterocycles. The van der Waals surface area contributed by atoms with Crippen LogP contribution in [0.2, 0.25) is 0 Å². The summed E-state index contributed by atoms with van der Waals surface area (Å²) in [4.78, 5) is 11.7. The maximum atomic E-state index is 11.7. The first kappa shape index (κ1) is 9.42. The Balaban J connectivity index is 1.96. The fraction of sp³-hybridized carbons (Fsp3) is 0.250. The summed E-state index contributed by atoms with van der Waals surface area (Å²) in [5.74, 6) is 1.30. The van der Waals surface area contributed by atoms with Crippen LogP contribution in [0.15, 0.2) is 30.4 Å². The summed E-state index contributed by atoms with van der Waals surface area (Å²) in [7, 11) is 0. The van der Waals surface area contributed by atoms with Gasteiger partial charge in [0.2, 0.25) is 6.79 Å². The van der Waals surface area contributed by atoms with Crippen molar-refractivity contribution in [1.82, 2.24) is 0 Å². The maximum Gasteiger partial charge on any atom is 0.231 e. The van der Waals surface area contributed by atoms with Crippen molar-refractivity contribution in [3.8, 4) is 11.5 Å². The second kappa shape index (κ2) is 3.35. The van der Waals surface area contributed by atoms with E-state index in [0.29, 0.717) is 23.7 Å². The summed E-state index contributed by atoms with van der Waals surface area (Å²) in [6.45, 7) is 4.18. The first-order chi connectivity index (χ1) is 7.75. The van der Waals surface area contributed by atoms with Crippen LogP contribution in [-0.2, 0) is 9.53 Å². The third kappa shape index (κ3) is 1.31. The highest BCUT2D eigenvalue weighted by atomic mass is 16.7. The second-order valence-electron chi connectivity index (χ2n) is 3.77. The molecular formula is C12H10O4. The molecule has 4 nitrogen and oxygen atoms in total.